The maximum atomic E-state index is 13.1. The molecule has 0 bridgehead atoms. The molecule has 0 spiro atoms. The molecule has 0 radical (unpaired) electrons. The number of amides is 1. The van der Waals surface area contributed by atoms with Gasteiger partial charge in [-0.2, -0.15) is 0 Å². The van der Waals surface area contributed by atoms with Gasteiger partial charge < -0.3 is 10.1 Å². The number of ether oxygens (including phenoxy) is 1. The lowest BCUT2D eigenvalue weighted by molar-refractivity contribution is -0.123. The molecule has 0 aliphatic carbocycles. The number of esters is 1. The van der Waals surface area contributed by atoms with Crippen LogP contribution in [-0.4, -0.2) is 27.5 Å². The van der Waals surface area contributed by atoms with Crippen molar-refractivity contribution >= 4 is 40.1 Å². The third-order valence-electron chi connectivity index (χ3n) is 4.89. The predicted octanol–water partition coefficient (Wildman–Crippen LogP) is 3.32. The average molecular weight is 430 g/mol. The third-order valence-corrected chi connectivity index (χ3v) is 5.21. The number of halogens is 2. The monoisotopic (exact) mass is 429 g/mol. The number of nitrogens with zero attached hydrogens (tertiary/aromatic N) is 2. The van der Waals surface area contributed by atoms with Crippen LogP contribution in [0.3, 0.4) is 0 Å². The summed E-state index contributed by atoms with van der Waals surface area (Å²) in [4.78, 5) is 41.8. The van der Waals surface area contributed by atoms with E-state index in [2.05, 4.69) is 10.3 Å². The van der Waals surface area contributed by atoms with Crippen molar-refractivity contribution in [2.24, 2.45) is 0 Å². The summed E-state index contributed by atoms with van der Waals surface area (Å²) in [5.74, 6) is -1.19. The number of benzene rings is 2. The number of aryl methyl sites for hydroxylation is 1. The fourth-order valence-electron chi connectivity index (χ4n) is 3.32. The molecule has 0 unspecified atom stereocenters. The minimum atomic E-state index is -1.13. The predicted molar refractivity (Wildman–Crippen MR) is 109 cm³/mol. The molecule has 2 aromatic carbocycles. The normalized spacial score (nSPS) is 13.7. The van der Waals surface area contributed by atoms with Gasteiger partial charge in [0.15, 0.2) is 6.10 Å². The molecule has 0 saturated heterocycles. The number of hydrogen-bond donors (Lipinski definition) is 1. The second-order valence-electron chi connectivity index (χ2n) is 6.98. The molecule has 0 saturated carbocycles. The van der Waals surface area contributed by atoms with Gasteiger partial charge in [-0.05, 0) is 49.7 Å². The molecule has 1 aliphatic heterocycles. The number of carbonyl (C=O) groups excluding carboxylic acids is 2. The second kappa shape index (κ2) is 7.87. The lowest BCUT2D eigenvalue weighted by Crippen LogP contribution is -2.30. The summed E-state index contributed by atoms with van der Waals surface area (Å²) >= 11 is 5.89. The molecule has 1 aromatic heterocycles. The average Bonchev–Trinajstić information content (AvgIpc) is 3.18. The molecular weight excluding hydrogens is 413 g/mol. The van der Waals surface area contributed by atoms with Crippen LogP contribution in [0.25, 0.3) is 10.9 Å². The molecule has 1 amide bonds. The Morgan fingerprint density at radius 2 is 2.07 bits per heavy atom. The van der Waals surface area contributed by atoms with Crippen LogP contribution in [0.15, 0.2) is 41.2 Å². The maximum absolute atomic E-state index is 13.1. The van der Waals surface area contributed by atoms with Gasteiger partial charge in [0.2, 0.25) is 0 Å². The van der Waals surface area contributed by atoms with Crippen LogP contribution in [0.2, 0.25) is 5.02 Å². The zero-order valence-electron chi connectivity index (χ0n) is 15.9. The van der Waals surface area contributed by atoms with Gasteiger partial charge in [-0.25, -0.2) is 14.2 Å². The molecular formula is C21H17ClFN3O4. The Kier molecular flexibility index (Phi) is 5.26. The van der Waals surface area contributed by atoms with Crippen molar-refractivity contribution in [1.29, 1.82) is 0 Å². The highest BCUT2D eigenvalue weighted by Crippen LogP contribution is 2.23. The number of fused-ring (bicyclic) bond motifs is 2. The topological polar surface area (TPSA) is 90.3 Å². The van der Waals surface area contributed by atoms with E-state index < -0.39 is 23.8 Å². The van der Waals surface area contributed by atoms with Crippen molar-refractivity contribution < 1.29 is 18.7 Å². The zero-order chi connectivity index (χ0) is 21.4. The van der Waals surface area contributed by atoms with E-state index in [0.29, 0.717) is 29.7 Å². The van der Waals surface area contributed by atoms with Crippen molar-refractivity contribution in [2.45, 2.75) is 32.4 Å². The number of rotatable bonds is 4. The molecule has 9 heteroatoms. The van der Waals surface area contributed by atoms with Gasteiger partial charge in [0.05, 0.1) is 27.2 Å². The molecule has 1 atom stereocenters. The van der Waals surface area contributed by atoms with Crippen LogP contribution in [0.5, 0.6) is 0 Å². The Balaban J connectivity index is 1.50. The van der Waals surface area contributed by atoms with Gasteiger partial charge in [0.1, 0.15) is 11.6 Å². The summed E-state index contributed by atoms with van der Waals surface area (Å²) < 4.78 is 20.0. The van der Waals surface area contributed by atoms with Crippen LogP contribution in [0.1, 0.15) is 29.5 Å². The SMILES string of the molecule is C[C@H](OC(=O)c1ccc2c(=O)n3c(nc2c1)CCC3)C(=O)Nc1ccc(F)cc1Cl. The highest BCUT2D eigenvalue weighted by atomic mass is 35.5. The van der Waals surface area contributed by atoms with Crippen molar-refractivity contribution in [1.82, 2.24) is 9.55 Å². The fourth-order valence-corrected chi connectivity index (χ4v) is 3.53. The molecule has 4 rings (SSSR count). The first kappa shape index (κ1) is 20.0. The summed E-state index contributed by atoms with van der Waals surface area (Å²) in [7, 11) is 0. The van der Waals surface area contributed by atoms with Crippen molar-refractivity contribution in [3.63, 3.8) is 0 Å². The van der Waals surface area contributed by atoms with E-state index >= 15 is 0 Å². The van der Waals surface area contributed by atoms with Gasteiger partial charge in [-0.3, -0.25) is 14.2 Å². The minimum absolute atomic E-state index is 0.0290. The number of carbonyl (C=O) groups is 2. The Morgan fingerprint density at radius 3 is 2.83 bits per heavy atom. The lowest BCUT2D eigenvalue weighted by Gasteiger charge is -2.14. The van der Waals surface area contributed by atoms with Crippen molar-refractivity contribution in [2.75, 3.05) is 5.32 Å². The summed E-state index contributed by atoms with van der Waals surface area (Å²) in [5.41, 5.74) is 0.668. The largest absolute Gasteiger partial charge is 0.449 e. The summed E-state index contributed by atoms with van der Waals surface area (Å²) in [6.45, 7) is 2.05. The van der Waals surface area contributed by atoms with Crippen LogP contribution >= 0.6 is 11.6 Å². The molecule has 1 aliphatic rings. The van der Waals surface area contributed by atoms with E-state index in [9.17, 15) is 18.8 Å². The van der Waals surface area contributed by atoms with Gasteiger partial charge in [-0.15, -0.1) is 0 Å². The first-order valence-electron chi connectivity index (χ1n) is 9.34. The van der Waals surface area contributed by atoms with Crippen molar-refractivity contribution in [3.05, 3.63) is 69.0 Å². The van der Waals surface area contributed by atoms with Crippen LogP contribution in [0, 0.1) is 5.82 Å². The van der Waals surface area contributed by atoms with E-state index in [0.717, 1.165) is 18.6 Å². The van der Waals surface area contributed by atoms with Crippen LogP contribution in [0.4, 0.5) is 10.1 Å². The maximum Gasteiger partial charge on any atom is 0.338 e. The molecule has 2 heterocycles. The highest BCUT2D eigenvalue weighted by Gasteiger charge is 2.21. The third kappa shape index (κ3) is 3.78. The van der Waals surface area contributed by atoms with Crippen LogP contribution < -0.4 is 10.9 Å². The Labute approximate surface area is 175 Å². The molecule has 3 aromatic rings. The first-order chi connectivity index (χ1) is 14.3. The summed E-state index contributed by atoms with van der Waals surface area (Å²) in [6, 6.07) is 8.03. The first-order valence-corrected chi connectivity index (χ1v) is 9.71. The Bertz CT molecular complexity index is 1240. The number of aromatic nitrogens is 2. The van der Waals surface area contributed by atoms with E-state index in [1.807, 2.05) is 0 Å². The van der Waals surface area contributed by atoms with Gasteiger partial charge in [0.25, 0.3) is 11.5 Å². The van der Waals surface area contributed by atoms with Gasteiger partial charge >= 0.3 is 5.97 Å². The quantitative estimate of drug-likeness (QED) is 0.642. The van der Waals surface area contributed by atoms with E-state index in [1.54, 1.807) is 4.57 Å². The molecule has 30 heavy (non-hydrogen) atoms. The fraction of sp³-hybridized carbons (Fsp3) is 0.238. The van der Waals surface area contributed by atoms with Gasteiger partial charge in [-0.1, -0.05) is 11.6 Å². The number of anilines is 1. The molecule has 1 N–H and O–H groups in total. The van der Waals surface area contributed by atoms with E-state index in [4.69, 9.17) is 16.3 Å². The van der Waals surface area contributed by atoms with Crippen LogP contribution in [-0.2, 0) is 22.5 Å². The molecule has 7 nitrogen and oxygen atoms in total. The summed E-state index contributed by atoms with van der Waals surface area (Å²) in [6.07, 6.45) is 0.439. The number of nitrogens with one attached hydrogen (secondary N) is 1. The zero-order valence-corrected chi connectivity index (χ0v) is 16.7. The highest BCUT2D eigenvalue weighted by molar-refractivity contribution is 6.33. The van der Waals surface area contributed by atoms with Crippen molar-refractivity contribution in [3.8, 4) is 0 Å². The number of hydrogen-bond acceptors (Lipinski definition) is 5. The Morgan fingerprint density at radius 1 is 1.27 bits per heavy atom. The standard InChI is InChI=1S/C21H17ClFN3O4/c1-11(19(27)25-16-7-5-13(23)10-15(16)22)30-21(29)12-4-6-14-17(9-12)24-18-3-2-8-26(18)20(14)28/h4-7,9-11H,2-3,8H2,1H3,(H,25,27)/t11-/m0/s1. The minimum Gasteiger partial charge on any atom is -0.449 e. The molecule has 154 valence electrons. The van der Waals surface area contributed by atoms with E-state index in [1.165, 1.54) is 31.2 Å². The van der Waals surface area contributed by atoms with Gasteiger partial charge in [0, 0.05) is 13.0 Å². The van der Waals surface area contributed by atoms with E-state index in [-0.39, 0.29) is 21.8 Å². The second-order valence-corrected chi connectivity index (χ2v) is 7.39. The lowest BCUT2D eigenvalue weighted by atomic mass is 10.1. The molecule has 0 fully saturated rings. The summed E-state index contributed by atoms with van der Waals surface area (Å²) in [5, 5.41) is 2.94. The Hall–Kier alpha value is -3.26. The smallest absolute Gasteiger partial charge is 0.338 e.